The Balaban J connectivity index is 1.55. The second-order valence-electron chi connectivity index (χ2n) is 9.73. The van der Waals surface area contributed by atoms with Gasteiger partial charge in [-0.15, -0.1) is 0 Å². The lowest BCUT2D eigenvalue weighted by Crippen LogP contribution is -2.05. The number of imidazole rings is 3. The molecule has 0 amide bonds. The lowest BCUT2D eigenvalue weighted by molar-refractivity contribution is 0.832. The zero-order chi connectivity index (χ0) is 25.6. The van der Waals surface area contributed by atoms with Gasteiger partial charge >= 0.3 is 0 Å². The molecule has 7 rings (SSSR count). The summed E-state index contributed by atoms with van der Waals surface area (Å²) in [6, 6.07) is 13.1. The van der Waals surface area contributed by atoms with Crippen LogP contribution in [0.15, 0.2) is 80.2 Å². The first kappa shape index (κ1) is 22.5. The number of aromatic nitrogens is 8. The molecule has 1 N–H and O–H groups in total. The van der Waals surface area contributed by atoms with E-state index < -0.39 is 0 Å². The molecule has 0 radical (unpaired) electrons. The van der Waals surface area contributed by atoms with E-state index in [-0.39, 0.29) is 0 Å². The predicted octanol–water partition coefficient (Wildman–Crippen LogP) is 6.33. The highest BCUT2D eigenvalue weighted by molar-refractivity contribution is 6.12. The Morgan fingerprint density at radius 3 is 2.08 bits per heavy atom. The summed E-state index contributed by atoms with van der Waals surface area (Å²) in [6.45, 7) is 4.40. The van der Waals surface area contributed by atoms with Crippen LogP contribution in [0.25, 0.3) is 49.9 Å². The summed E-state index contributed by atoms with van der Waals surface area (Å²) in [5.74, 6) is 0. The molecule has 0 aliphatic carbocycles. The lowest BCUT2D eigenvalue weighted by atomic mass is 10.1. The third-order valence-electron chi connectivity index (χ3n) is 7.25. The second-order valence-corrected chi connectivity index (χ2v) is 9.73. The largest absolute Gasteiger partial charge is 0.345 e. The maximum absolute atomic E-state index is 4.55. The van der Waals surface area contributed by atoms with Crippen molar-refractivity contribution in [1.82, 2.24) is 38.6 Å². The van der Waals surface area contributed by atoms with Crippen molar-refractivity contribution in [3.8, 4) is 17.1 Å². The van der Waals surface area contributed by atoms with E-state index in [4.69, 9.17) is 0 Å². The van der Waals surface area contributed by atoms with Gasteiger partial charge in [0.05, 0.1) is 58.1 Å². The molecule has 0 saturated carbocycles. The predicted molar refractivity (Wildman–Crippen MR) is 150 cm³/mol. The molecule has 5 aromatic heterocycles. The van der Waals surface area contributed by atoms with Gasteiger partial charge in [-0.3, -0.25) is 4.98 Å². The minimum Gasteiger partial charge on any atom is -0.345 e. The maximum atomic E-state index is 4.55. The van der Waals surface area contributed by atoms with Crippen molar-refractivity contribution >= 4 is 32.8 Å². The number of benzene rings is 2. The minimum absolute atomic E-state index is 0.936. The molecule has 0 aliphatic heterocycles. The van der Waals surface area contributed by atoms with Crippen LogP contribution in [-0.4, -0.2) is 38.6 Å². The monoisotopic (exact) mass is 500 g/mol. The summed E-state index contributed by atoms with van der Waals surface area (Å²) in [7, 11) is 0. The number of rotatable bonds is 7. The fourth-order valence-corrected chi connectivity index (χ4v) is 5.55. The Kier molecular flexibility index (Phi) is 5.32. The van der Waals surface area contributed by atoms with E-state index in [1.54, 1.807) is 6.33 Å². The van der Waals surface area contributed by atoms with Crippen LogP contribution in [0.1, 0.15) is 38.1 Å². The van der Waals surface area contributed by atoms with Gasteiger partial charge in [0, 0.05) is 46.9 Å². The average Bonchev–Trinajstić information content (AvgIpc) is 3.73. The number of pyridine rings is 1. The van der Waals surface area contributed by atoms with Gasteiger partial charge in [0.2, 0.25) is 0 Å². The first-order valence-corrected chi connectivity index (χ1v) is 13.1. The highest BCUT2D eigenvalue weighted by Crippen LogP contribution is 2.35. The zero-order valence-electron chi connectivity index (χ0n) is 21.5. The van der Waals surface area contributed by atoms with Crippen molar-refractivity contribution < 1.29 is 0 Å². The summed E-state index contributed by atoms with van der Waals surface area (Å²) < 4.78 is 6.73. The summed E-state index contributed by atoms with van der Waals surface area (Å²) in [5.41, 5.74) is 9.73. The van der Waals surface area contributed by atoms with Gasteiger partial charge in [-0.25, -0.2) is 15.0 Å². The summed E-state index contributed by atoms with van der Waals surface area (Å²) in [6.07, 6.45) is 17.4. The Hall–Kier alpha value is -4.72. The number of hydrogen-bond donors (Lipinski definition) is 1. The van der Waals surface area contributed by atoms with Gasteiger partial charge < -0.3 is 18.7 Å². The molecule has 2 aromatic carbocycles. The molecule has 38 heavy (non-hydrogen) atoms. The van der Waals surface area contributed by atoms with Crippen LogP contribution in [0.4, 0.5) is 0 Å². The average molecular weight is 501 g/mol. The summed E-state index contributed by atoms with van der Waals surface area (Å²) in [5, 5.41) is 2.25. The van der Waals surface area contributed by atoms with E-state index in [2.05, 4.69) is 88.9 Å². The Labute approximate surface area is 219 Å². The Bertz CT molecular complexity index is 1850. The third-order valence-corrected chi connectivity index (χ3v) is 7.25. The van der Waals surface area contributed by atoms with Gasteiger partial charge in [0.15, 0.2) is 0 Å². The van der Waals surface area contributed by atoms with Gasteiger partial charge in [-0.2, -0.15) is 0 Å². The van der Waals surface area contributed by atoms with Crippen molar-refractivity contribution in [3.63, 3.8) is 0 Å². The maximum Gasteiger partial charge on any atom is 0.0994 e. The fraction of sp³-hybridized carbons (Fsp3) is 0.200. The van der Waals surface area contributed by atoms with Gasteiger partial charge in [-0.05, 0) is 49.2 Å². The number of fused-ring (bicyclic) bond motifs is 4. The van der Waals surface area contributed by atoms with Crippen molar-refractivity contribution in [2.75, 3.05) is 0 Å². The minimum atomic E-state index is 0.936. The van der Waals surface area contributed by atoms with E-state index in [0.717, 1.165) is 75.6 Å². The van der Waals surface area contributed by atoms with Crippen LogP contribution in [-0.2, 0) is 12.8 Å². The van der Waals surface area contributed by atoms with E-state index in [1.807, 2.05) is 37.4 Å². The van der Waals surface area contributed by atoms with Crippen LogP contribution >= 0.6 is 0 Å². The molecule has 188 valence electrons. The van der Waals surface area contributed by atoms with Crippen LogP contribution in [0.5, 0.6) is 0 Å². The second kappa shape index (κ2) is 8.99. The highest BCUT2D eigenvalue weighted by atomic mass is 15.1. The zero-order valence-corrected chi connectivity index (χ0v) is 21.5. The molecule has 7 aromatic rings. The molecule has 0 unspecified atom stereocenters. The van der Waals surface area contributed by atoms with Crippen LogP contribution in [0, 0.1) is 0 Å². The summed E-state index contributed by atoms with van der Waals surface area (Å²) >= 11 is 0. The molecule has 0 fully saturated rings. The number of H-pyrrole nitrogens is 1. The number of aromatic amines is 1. The van der Waals surface area contributed by atoms with Crippen molar-refractivity contribution in [3.05, 3.63) is 91.6 Å². The number of nitrogens with one attached hydrogen (secondary N) is 1. The van der Waals surface area contributed by atoms with E-state index >= 15 is 0 Å². The molecule has 8 nitrogen and oxygen atoms in total. The lowest BCUT2D eigenvalue weighted by Gasteiger charge is -2.16. The molecule has 0 bridgehead atoms. The van der Waals surface area contributed by atoms with E-state index in [1.165, 1.54) is 11.4 Å². The van der Waals surface area contributed by atoms with E-state index in [9.17, 15) is 0 Å². The van der Waals surface area contributed by atoms with Gasteiger partial charge in [-0.1, -0.05) is 26.7 Å². The molecule has 0 atom stereocenters. The number of hydrogen-bond acceptors (Lipinski definition) is 4. The molecule has 0 aliphatic rings. The number of aryl methyl sites for hydroxylation is 2. The van der Waals surface area contributed by atoms with Crippen molar-refractivity contribution in [2.45, 2.75) is 39.5 Å². The first-order valence-electron chi connectivity index (χ1n) is 13.1. The van der Waals surface area contributed by atoms with Crippen molar-refractivity contribution in [2.24, 2.45) is 0 Å². The first-order chi connectivity index (χ1) is 18.7. The Morgan fingerprint density at radius 2 is 1.39 bits per heavy atom. The standard InChI is InChI=1S/C30H28N8/c1-3-5-20-14-32-18-36(20)22-9-23(37-19-33-15-21(37)6-4-2)11-24(10-22)38-29-7-8-31-16-26(29)25-12-27-28(13-30(25)38)35-17-34-27/h7-19H,3-6H2,1-2H3,(H,34,35). The molecular formula is C30H28N8. The molecular weight excluding hydrogens is 472 g/mol. The number of nitrogens with zero attached hydrogens (tertiary/aromatic N) is 7. The fourth-order valence-electron chi connectivity index (χ4n) is 5.55. The normalized spacial score (nSPS) is 11.8. The Morgan fingerprint density at radius 1 is 0.711 bits per heavy atom. The van der Waals surface area contributed by atoms with Crippen LogP contribution in [0.2, 0.25) is 0 Å². The van der Waals surface area contributed by atoms with Crippen LogP contribution < -0.4 is 0 Å². The quantitative estimate of drug-likeness (QED) is 0.277. The van der Waals surface area contributed by atoms with E-state index in [0.29, 0.717) is 0 Å². The molecule has 0 saturated heterocycles. The van der Waals surface area contributed by atoms with Crippen molar-refractivity contribution in [1.29, 1.82) is 0 Å². The van der Waals surface area contributed by atoms with Gasteiger partial charge in [0.25, 0.3) is 0 Å². The smallest absolute Gasteiger partial charge is 0.0994 e. The molecule has 5 heterocycles. The summed E-state index contributed by atoms with van der Waals surface area (Å²) in [4.78, 5) is 21.2. The third kappa shape index (κ3) is 3.52. The highest BCUT2D eigenvalue weighted by Gasteiger charge is 2.17. The molecule has 8 heteroatoms. The topological polar surface area (TPSA) is 82.1 Å². The SMILES string of the molecule is CCCc1cncn1-c1cc(-n2cncc2CCC)cc(-n2c3ccncc3c3cc4[nH]cnc4cc32)c1. The van der Waals surface area contributed by atoms with Crippen LogP contribution in [0.3, 0.4) is 0 Å². The van der Waals surface area contributed by atoms with Gasteiger partial charge in [0.1, 0.15) is 0 Å². The molecule has 0 spiro atoms.